The van der Waals surface area contributed by atoms with Gasteiger partial charge in [0.05, 0.1) is 31.5 Å². The first kappa shape index (κ1) is 43.3. The van der Waals surface area contributed by atoms with Gasteiger partial charge in [0.1, 0.15) is 48.8 Å². The molecule has 2 saturated heterocycles. The molecule has 4 saturated carbocycles. The van der Waals surface area contributed by atoms with Gasteiger partial charge in [-0.05, 0) is 90.3 Å². The number of rotatable bonds is 8. The van der Waals surface area contributed by atoms with Crippen molar-refractivity contribution in [3.63, 3.8) is 0 Å². The molecule has 14 nitrogen and oxygen atoms in total. The highest BCUT2D eigenvalue weighted by Gasteiger charge is 2.73. The molecular formula is C42H70O14. The van der Waals surface area contributed by atoms with Crippen LogP contribution < -0.4 is 0 Å². The second kappa shape index (κ2) is 15.0. The Morgan fingerprint density at radius 2 is 1.34 bits per heavy atom. The normalized spacial score (nSPS) is 55.5. The van der Waals surface area contributed by atoms with Crippen molar-refractivity contribution in [2.24, 2.45) is 56.7 Å². The van der Waals surface area contributed by atoms with Gasteiger partial charge < -0.3 is 70.0 Å². The predicted octanol–water partition coefficient (Wildman–Crippen LogP) is 0.587. The molecule has 6 fully saturated rings. The van der Waals surface area contributed by atoms with Crippen LogP contribution in [0, 0.1) is 56.7 Å². The van der Waals surface area contributed by atoms with Crippen molar-refractivity contribution in [3.05, 3.63) is 11.6 Å². The van der Waals surface area contributed by atoms with Crippen molar-refractivity contribution in [1.82, 2.24) is 0 Å². The van der Waals surface area contributed by atoms with Crippen molar-refractivity contribution >= 4 is 0 Å². The van der Waals surface area contributed by atoms with E-state index in [4.69, 9.17) is 18.9 Å². The van der Waals surface area contributed by atoms with Crippen LogP contribution in [0.4, 0.5) is 0 Å². The number of hydrogen-bond donors (Lipinski definition) is 10. The van der Waals surface area contributed by atoms with E-state index >= 15 is 0 Å². The van der Waals surface area contributed by atoms with Gasteiger partial charge in [-0.2, -0.15) is 0 Å². The van der Waals surface area contributed by atoms with E-state index in [0.29, 0.717) is 25.2 Å². The number of hydrogen-bond acceptors (Lipinski definition) is 14. The van der Waals surface area contributed by atoms with Gasteiger partial charge in [0.15, 0.2) is 12.6 Å². The quantitative estimate of drug-likeness (QED) is 0.120. The van der Waals surface area contributed by atoms with Crippen LogP contribution in [0.1, 0.15) is 93.4 Å². The fraction of sp³-hybridized carbons (Fsp3) is 0.952. The van der Waals surface area contributed by atoms with Crippen LogP contribution in [-0.2, 0) is 18.9 Å². The Labute approximate surface area is 330 Å². The van der Waals surface area contributed by atoms with Gasteiger partial charge in [-0.25, -0.2) is 0 Å². The molecular weight excluding hydrogens is 728 g/mol. The van der Waals surface area contributed by atoms with Gasteiger partial charge in [0.25, 0.3) is 0 Å². The molecule has 0 spiro atoms. The lowest BCUT2D eigenvalue weighted by atomic mass is 9.35. The van der Waals surface area contributed by atoms with Crippen LogP contribution in [-0.4, -0.2) is 151 Å². The number of fused-ring (bicyclic) bond motifs is 7. The van der Waals surface area contributed by atoms with Crippen molar-refractivity contribution in [1.29, 1.82) is 0 Å². The van der Waals surface area contributed by atoms with E-state index in [1.165, 1.54) is 5.57 Å². The lowest BCUT2D eigenvalue weighted by Gasteiger charge is -2.70. The second-order valence-corrected chi connectivity index (χ2v) is 20.5. The van der Waals surface area contributed by atoms with E-state index in [9.17, 15) is 51.1 Å². The molecule has 0 radical (unpaired) electrons. The first-order valence-corrected chi connectivity index (χ1v) is 21.1. The van der Waals surface area contributed by atoms with E-state index in [2.05, 4.69) is 54.5 Å². The Morgan fingerprint density at radius 1 is 0.714 bits per heavy atom. The van der Waals surface area contributed by atoms with Crippen LogP contribution in [0.15, 0.2) is 11.6 Å². The Hall–Kier alpha value is -0.820. The lowest BCUT2D eigenvalue weighted by molar-refractivity contribution is -0.377. The van der Waals surface area contributed by atoms with E-state index in [1.54, 1.807) is 0 Å². The molecule has 0 aromatic rings. The SMILES string of the molecule is CC(C)C1CC(O)C2C1(CO)CCC1(C)C3C(=CCC21C)C1(C)CCC(OC2OC(CO)C(O)C(O)C2OC2OC(CO)C(O)C(O)C2O)C(C)(C)C1CC3O. The van der Waals surface area contributed by atoms with Crippen molar-refractivity contribution in [3.8, 4) is 0 Å². The van der Waals surface area contributed by atoms with Gasteiger partial charge >= 0.3 is 0 Å². The van der Waals surface area contributed by atoms with Crippen LogP contribution >= 0.6 is 0 Å². The number of allylic oxidation sites excluding steroid dienone is 1. The zero-order chi connectivity index (χ0) is 41.1. The third-order valence-electron chi connectivity index (χ3n) is 17.4. The van der Waals surface area contributed by atoms with Gasteiger partial charge in [0, 0.05) is 17.9 Å². The Bertz CT molecular complexity index is 1460. The van der Waals surface area contributed by atoms with Crippen LogP contribution in [0.25, 0.3) is 0 Å². The van der Waals surface area contributed by atoms with Crippen LogP contribution in [0.2, 0.25) is 0 Å². The maximum Gasteiger partial charge on any atom is 0.187 e. The monoisotopic (exact) mass is 798 g/mol. The van der Waals surface area contributed by atoms with E-state index in [0.717, 1.165) is 25.7 Å². The molecule has 56 heavy (non-hydrogen) atoms. The summed E-state index contributed by atoms with van der Waals surface area (Å²) in [5.74, 6) is 0.283. The van der Waals surface area contributed by atoms with E-state index < -0.39 is 98.4 Å². The van der Waals surface area contributed by atoms with Crippen LogP contribution in [0.3, 0.4) is 0 Å². The molecule has 7 rings (SSSR count). The smallest absolute Gasteiger partial charge is 0.187 e. The average molecular weight is 799 g/mol. The first-order chi connectivity index (χ1) is 26.2. The summed E-state index contributed by atoms with van der Waals surface area (Å²) >= 11 is 0. The molecule has 2 aliphatic heterocycles. The lowest BCUT2D eigenvalue weighted by Crippen LogP contribution is -2.67. The van der Waals surface area contributed by atoms with Gasteiger partial charge in [-0.15, -0.1) is 0 Å². The standard InChI is InChI=1S/C42H70O14/c1-19(2)21-14-23(47)35-41(7)11-8-20-28(40(41,6)12-13-42(21,35)18-45)22(46)15-26-38(3,4)27(9-10-39(20,26)5)55-37-34(32(51)30(49)25(17-44)54-37)56-36-33(52)31(50)29(48)24(16-43)53-36/h8,19,21-37,43-52H,9-18H2,1-7H3. The highest BCUT2D eigenvalue weighted by molar-refractivity contribution is 5.35. The summed E-state index contributed by atoms with van der Waals surface area (Å²) < 4.78 is 24.3. The average Bonchev–Trinajstić information content (AvgIpc) is 3.47. The molecule has 322 valence electrons. The molecule has 0 aromatic heterocycles. The fourth-order valence-corrected chi connectivity index (χ4v) is 14.3. The Kier molecular flexibility index (Phi) is 11.6. The molecule has 21 atom stereocenters. The molecule has 0 amide bonds. The third-order valence-corrected chi connectivity index (χ3v) is 17.4. The molecule has 14 heteroatoms. The molecule has 5 aliphatic carbocycles. The summed E-state index contributed by atoms with van der Waals surface area (Å²) in [6, 6.07) is 0. The largest absolute Gasteiger partial charge is 0.396 e. The summed E-state index contributed by atoms with van der Waals surface area (Å²) in [7, 11) is 0. The van der Waals surface area contributed by atoms with E-state index in [-0.39, 0.29) is 51.9 Å². The van der Waals surface area contributed by atoms with Crippen molar-refractivity contribution < 1.29 is 70.0 Å². The molecule has 7 aliphatic rings. The molecule has 0 aromatic carbocycles. The maximum absolute atomic E-state index is 12.4. The summed E-state index contributed by atoms with van der Waals surface area (Å²) in [5, 5.41) is 109. The summed E-state index contributed by atoms with van der Waals surface area (Å²) in [5.41, 5.74) is -0.650. The van der Waals surface area contributed by atoms with E-state index in [1.807, 2.05) is 0 Å². The Balaban J connectivity index is 1.16. The Morgan fingerprint density at radius 3 is 1.95 bits per heavy atom. The minimum absolute atomic E-state index is 0.0521. The number of aliphatic hydroxyl groups excluding tert-OH is 10. The highest BCUT2D eigenvalue weighted by Crippen LogP contribution is 2.76. The number of ether oxygens (including phenoxy) is 4. The minimum atomic E-state index is -1.78. The molecule has 10 N–H and O–H groups in total. The first-order valence-electron chi connectivity index (χ1n) is 21.1. The summed E-state index contributed by atoms with van der Waals surface area (Å²) in [6.07, 6.45) is -9.89. The third kappa shape index (κ3) is 6.09. The van der Waals surface area contributed by atoms with Gasteiger partial charge in [0.2, 0.25) is 0 Å². The summed E-state index contributed by atoms with van der Waals surface area (Å²) in [4.78, 5) is 0. The summed E-state index contributed by atoms with van der Waals surface area (Å²) in [6.45, 7) is 14.3. The fourth-order valence-electron chi connectivity index (χ4n) is 14.3. The minimum Gasteiger partial charge on any atom is -0.396 e. The van der Waals surface area contributed by atoms with Crippen molar-refractivity contribution in [2.75, 3.05) is 19.8 Å². The van der Waals surface area contributed by atoms with Gasteiger partial charge in [-0.3, -0.25) is 0 Å². The topological polar surface area (TPSA) is 239 Å². The van der Waals surface area contributed by atoms with Crippen molar-refractivity contribution in [2.45, 2.75) is 173 Å². The van der Waals surface area contributed by atoms with Gasteiger partial charge in [-0.1, -0.05) is 60.1 Å². The zero-order valence-electron chi connectivity index (χ0n) is 34.1. The highest BCUT2D eigenvalue weighted by atomic mass is 16.8. The maximum atomic E-state index is 12.4. The van der Waals surface area contributed by atoms with Crippen LogP contribution in [0.5, 0.6) is 0 Å². The number of aliphatic hydroxyl groups is 10. The predicted molar refractivity (Wildman–Crippen MR) is 200 cm³/mol. The molecule has 21 unspecified atom stereocenters. The second-order valence-electron chi connectivity index (χ2n) is 20.5. The molecule has 2 heterocycles. The molecule has 0 bridgehead atoms. The zero-order valence-corrected chi connectivity index (χ0v) is 34.1.